The van der Waals surface area contributed by atoms with Gasteiger partial charge in [0.15, 0.2) is 0 Å². The van der Waals surface area contributed by atoms with Crippen LogP contribution in [0.4, 0.5) is 5.69 Å². The van der Waals surface area contributed by atoms with Crippen molar-refractivity contribution in [3.05, 3.63) is 29.3 Å². The molecule has 1 aliphatic carbocycles. The minimum Gasteiger partial charge on any atom is -0.369 e. The maximum atomic E-state index is 3.23. The highest BCUT2D eigenvalue weighted by Gasteiger charge is 2.28. The topological polar surface area (TPSA) is 15.3 Å². The van der Waals surface area contributed by atoms with Gasteiger partial charge in [0.25, 0.3) is 0 Å². The first-order valence-corrected chi connectivity index (χ1v) is 7.27. The minimum absolute atomic E-state index is 0.811. The van der Waals surface area contributed by atoms with Crippen molar-refractivity contribution >= 4 is 5.69 Å². The molecule has 1 saturated carbocycles. The molecule has 0 amide bonds. The largest absolute Gasteiger partial charge is 0.369 e. The van der Waals surface area contributed by atoms with Gasteiger partial charge in [-0.25, -0.2) is 0 Å². The van der Waals surface area contributed by atoms with Crippen LogP contribution in [0.3, 0.4) is 0 Å². The lowest BCUT2D eigenvalue weighted by molar-refractivity contribution is 0.712. The molecule has 0 aromatic heterocycles. The molecule has 0 unspecified atom stereocenters. The molecule has 0 atom stereocenters. The second-order valence-electron chi connectivity index (χ2n) is 5.42. The number of hydrogen-bond donors (Lipinski definition) is 1. The predicted octanol–water partition coefficient (Wildman–Crippen LogP) is 3.48. The van der Waals surface area contributed by atoms with E-state index in [1.54, 1.807) is 0 Å². The molecule has 0 radical (unpaired) electrons. The van der Waals surface area contributed by atoms with Crippen LogP contribution < -0.4 is 10.2 Å². The van der Waals surface area contributed by atoms with Crippen LogP contribution in [0.5, 0.6) is 0 Å². The lowest BCUT2D eigenvalue weighted by Crippen LogP contribution is -2.26. The van der Waals surface area contributed by atoms with Gasteiger partial charge in [-0.05, 0) is 56.5 Å². The van der Waals surface area contributed by atoms with E-state index in [-0.39, 0.29) is 0 Å². The molecule has 0 saturated heterocycles. The zero-order valence-electron chi connectivity index (χ0n) is 12.0. The molecule has 2 rings (SSSR count). The first-order valence-electron chi connectivity index (χ1n) is 7.27. The number of aryl methyl sites for hydroxylation is 1. The average Bonchev–Trinajstić information content (AvgIpc) is 3.17. The van der Waals surface area contributed by atoms with E-state index in [9.17, 15) is 0 Å². The van der Waals surface area contributed by atoms with Gasteiger partial charge in [-0.2, -0.15) is 0 Å². The van der Waals surface area contributed by atoms with E-state index in [0.29, 0.717) is 0 Å². The predicted molar refractivity (Wildman–Crippen MR) is 79.2 cm³/mol. The van der Waals surface area contributed by atoms with Gasteiger partial charge in [0.05, 0.1) is 0 Å². The molecule has 0 heterocycles. The van der Waals surface area contributed by atoms with Crippen molar-refractivity contribution in [3.63, 3.8) is 0 Å². The fourth-order valence-electron chi connectivity index (χ4n) is 2.48. The summed E-state index contributed by atoms with van der Waals surface area (Å²) < 4.78 is 0. The second kappa shape index (κ2) is 6.24. The average molecular weight is 246 g/mol. The summed E-state index contributed by atoms with van der Waals surface area (Å²) in [4.78, 5) is 2.61. The van der Waals surface area contributed by atoms with E-state index in [1.165, 1.54) is 49.0 Å². The standard InChI is InChI=1S/C16H26N2/c1-4-5-10-18(15-8-9-15)16-7-6-14(12-17-3)13(2)11-16/h6-7,11,15,17H,4-5,8-10,12H2,1-3H3. The Morgan fingerprint density at radius 3 is 2.67 bits per heavy atom. The summed E-state index contributed by atoms with van der Waals surface area (Å²) in [6.07, 6.45) is 5.33. The summed E-state index contributed by atoms with van der Waals surface area (Å²) in [6, 6.07) is 7.75. The number of anilines is 1. The van der Waals surface area contributed by atoms with Gasteiger partial charge in [0.1, 0.15) is 0 Å². The number of hydrogen-bond acceptors (Lipinski definition) is 2. The third-order valence-corrected chi connectivity index (χ3v) is 3.77. The van der Waals surface area contributed by atoms with E-state index in [0.717, 1.165) is 12.6 Å². The monoisotopic (exact) mass is 246 g/mol. The summed E-state index contributed by atoms with van der Waals surface area (Å²) in [6.45, 7) is 6.67. The zero-order chi connectivity index (χ0) is 13.0. The zero-order valence-corrected chi connectivity index (χ0v) is 12.0. The van der Waals surface area contributed by atoms with Crippen LogP contribution in [0.15, 0.2) is 18.2 Å². The Morgan fingerprint density at radius 2 is 2.11 bits per heavy atom. The molecule has 1 aromatic carbocycles. The Balaban J connectivity index is 2.12. The lowest BCUT2D eigenvalue weighted by atomic mass is 10.1. The molecule has 0 aliphatic heterocycles. The van der Waals surface area contributed by atoms with Crippen LogP contribution in [0, 0.1) is 6.92 Å². The van der Waals surface area contributed by atoms with E-state index in [1.807, 2.05) is 7.05 Å². The van der Waals surface area contributed by atoms with E-state index in [4.69, 9.17) is 0 Å². The third kappa shape index (κ3) is 3.26. The van der Waals surface area contributed by atoms with Gasteiger partial charge >= 0.3 is 0 Å². The number of nitrogens with zero attached hydrogens (tertiary/aromatic N) is 1. The van der Waals surface area contributed by atoms with Crippen LogP contribution in [-0.4, -0.2) is 19.6 Å². The molecule has 18 heavy (non-hydrogen) atoms. The molecular weight excluding hydrogens is 220 g/mol. The number of unbranched alkanes of at least 4 members (excludes halogenated alkanes) is 1. The Bertz CT molecular complexity index is 383. The molecule has 1 aliphatic rings. The van der Waals surface area contributed by atoms with Crippen molar-refractivity contribution in [2.24, 2.45) is 0 Å². The Labute approximate surface area is 111 Å². The van der Waals surface area contributed by atoms with Crippen molar-refractivity contribution in [2.45, 2.75) is 52.1 Å². The molecule has 0 spiro atoms. The van der Waals surface area contributed by atoms with Crippen LogP contribution in [0.1, 0.15) is 43.7 Å². The van der Waals surface area contributed by atoms with E-state index in [2.05, 4.69) is 42.3 Å². The molecular formula is C16H26N2. The fourth-order valence-corrected chi connectivity index (χ4v) is 2.48. The minimum atomic E-state index is 0.811. The highest BCUT2D eigenvalue weighted by Crippen LogP contribution is 2.32. The summed E-state index contributed by atoms with van der Waals surface area (Å²) in [5.41, 5.74) is 4.24. The Kier molecular flexibility index (Phi) is 4.65. The number of nitrogens with one attached hydrogen (secondary N) is 1. The molecule has 100 valence electrons. The first-order chi connectivity index (χ1) is 8.76. The summed E-state index contributed by atoms with van der Waals surface area (Å²) in [7, 11) is 2.01. The van der Waals surface area contributed by atoms with Crippen LogP contribution in [-0.2, 0) is 6.54 Å². The van der Waals surface area contributed by atoms with Crippen molar-refractivity contribution in [1.82, 2.24) is 5.32 Å². The van der Waals surface area contributed by atoms with Crippen LogP contribution >= 0.6 is 0 Å². The van der Waals surface area contributed by atoms with Crippen molar-refractivity contribution in [1.29, 1.82) is 0 Å². The first kappa shape index (κ1) is 13.4. The highest BCUT2D eigenvalue weighted by atomic mass is 15.2. The highest BCUT2D eigenvalue weighted by molar-refractivity contribution is 5.52. The molecule has 1 fully saturated rings. The van der Waals surface area contributed by atoms with Crippen LogP contribution in [0.25, 0.3) is 0 Å². The molecule has 0 bridgehead atoms. The smallest absolute Gasteiger partial charge is 0.0371 e. The van der Waals surface area contributed by atoms with Crippen molar-refractivity contribution in [3.8, 4) is 0 Å². The molecule has 1 N–H and O–H groups in total. The molecule has 2 heteroatoms. The van der Waals surface area contributed by atoms with Gasteiger partial charge in [-0.3, -0.25) is 0 Å². The normalized spacial score (nSPS) is 14.8. The van der Waals surface area contributed by atoms with E-state index >= 15 is 0 Å². The quantitative estimate of drug-likeness (QED) is 0.792. The Hall–Kier alpha value is -1.02. The fraction of sp³-hybridized carbons (Fsp3) is 0.625. The third-order valence-electron chi connectivity index (χ3n) is 3.77. The van der Waals surface area contributed by atoms with Crippen LogP contribution in [0.2, 0.25) is 0 Å². The van der Waals surface area contributed by atoms with Gasteiger partial charge < -0.3 is 10.2 Å². The van der Waals surface area contributed by atoms with Gasteiger partial charge in [0.2, 0.25) is 0 Å². The summed E-state index contributed by atoms with van der Waals surface area (Å²) in [5, 5.41) is 3.23. The number of rotatable bonds is 7. The Morgan fingerprint density at radius 1 is 1.33 bits per heavy atom. The summed E-state index contributed by atoms with van der Waals surface area (Å²) in [5.74, 6) is 0. The van der Waals surface area contributed by atoms with Gasteiger partial charge in [0, 0.05) is 24.8 Å². The van der Waals surface area contributed by atoms with Gasteiger partial charge in [-0.15, -0.1) is 0 Å². The SMILES string of the molecule is CCCCN(c1ccc(CNC)c(C)c1)C1CC1. The molecule has 1 aromatic rings. The van der Waals surface area contributed by atoms with E-state index < -0.39 is 0 Å². The molecule has 2 nitrogen and oxygen atoms in total. The number of benzene rings is 1. The maximum absolute atomic E-state index is 3.23. The lowest BCUT2D eigenvalue weighted by Gasteiger charge is -2.25. The van der Waals surface area contributed by atoms with Crippen molar-refractivity contribution < 1.29 is 0 Å². The summed E-state index contributed by atoms with van der Waals surface area (Å²) >= 11 is 0. The van der Waals surface area contributed by atoms with Gasteiger partial charge in [-0.1, -0.05) is 19.4 Å². The van der Waals surface area contributed by atoms with Crippen molar-refractivity contribution in [2.75, 3.05) is 18.5 Å². The second-order valence-corrected chi connectivity index (χ2v) is 5.42. The maximum Gasteiger partial charge on any atom is 0.0371 e.